The number of morpholine rings is 1. The highest BCUT2D eigenvalue weighted by molar-refractivity contribution is 6.03. The number of urea groups is 1. The Hall–Kier alpha value is -3.17. The highest BCUT2D eigenvalue weighted by Crippen LogP contribution is 2.23. The number of hydrogen-bond acceptors (Lipinski definition) is 5. The fraction of sp³-hybridized carbons (Fsp3) is 0.364. The highest BCUT2D eigenvalue weighted by atomic mass is 19.1. The number of carbonyl (C=O) groups is 2. The van der Waals surface area contributed by atoms with Gasteiger partial charge in [-0.25, -0.2) is 9.18 Å². The highest BCUT2D eigenvalue weighted by Gasteiger charge is 2.16. The third-order valence-corrected chi connectivity index (χ3v) is 4.88. The van der Waals surface area contributed by atoms with Gasteiger partial charge in [-0.15, -0.1) is 0 Å². The smallest absolute Gasteiger partial charge is 0.323 e. The fourth-order valence-electron chi connectivity index (χ4n) is 3.29. The maximum Gasteiger partial charge on any atom is 0.323 e. The topological polar surface area (TPSA) is 85.9 Å². The molecule has 166 valence electrons. The molecule has 31 heavy (non-hydrogen) atoms. The van der Waals surface area contributed by atoms with Crippen LogP contribution in [0.5, 0.6) is 0 Å². The second kappa shape index (κ2) is 10.7. The van der Waals surface area contributed by atoms with Gasteiger partial charge in [0, 0.05) is 57.3 Å². The largest absolute Gasteiger partial charge is 0.379 e. The van der Waals surface area contributed by atoms with Crippen molar-refractivity contribution in [3.05, 3.63) is 53.8 Å². The standard InChI is InChI=1S/C22H28FN5O3/c1-27(2)20-7-6-18(26-22(30)25-17-5-3-4-16(23)14-17)15-19(20)21(29)24-8-9-28-10-12-31-13-11-28/h3-7,14-15H,8-13H2,1-2H3,(H,24,29)(H2,25,26,30). The van der Waals surface area contributed by atoms with Crippen LogP contribution in [-0.2, 0) is 4.74 Å². The molecule has 3 amide bonds. The third kappa shape index (κ3) is 6.66. The SMILES string of the molecule is CN(C)c1ccc(NC(=O)Nc2cccc(F)c2)cc1C(=O)NCCN1CCOCC1. The Morgan fingerprint density at radius 3 is 2.45 bits per heavy atom. The maximum atomic E-state index is 13.3. The molecule has 1 fully saturated rings. The Morgan fingerprint density at radius 2 is 1.77 bits per heavy atom. The lowest BCUT2D eigenvalue weighted by atomic mass is 10.1. The van der Waals surface area contributed by atoms with Crippen LogP contribution in [0.3, 0.4) is 0 Å². The summed E-state index contributed by atoms with van der Waals surface area (Å²) >= 11 is 0. The lowest BCUT2D eigenvalue weighted by molar-refractivity contribution is 0.0383. The van der Waals surface area contributed by atoms with Gasteiger partial charge in [-0.05, 0) is 36.4 Å². The molecular formula is C22H28FN5O3. The van der Waals surface area contributed by atoms with E-state index in [2.05, 4.69) is 20.9 Å². The molecule has 1 aliphatic rings. The molecule has 0 spiro atoms. The minimum atomic E-state index is -0.526. The van der Waals surface area contributed by atoms with Gasteiger partial charge < -0.3 is 25.6 Å². The first-order valence-electron chi connectivity index (χ1n) is 10.2. The molecule has 2 aromatic carbocycles. The molecule has 0 aliphatic carbocycles. The number of carbonyl (C=O) groups excluding carboxylic acids is 2. The number of rotatable bonds is 7. The van der Waals surface area contributed by atoms with Crippen LogP contribution in [0.1, 0.15) is 10.4 Å². The van der Waals surface area contributed by atoms with E-state index in [1.54, 1.807) is 24.3 Å². The van der Waals surface area contributed by atoms with Crippen molar-refractivity contribution in [3.63, 3.8) is 0 Å². The predicted molar refractivity (Wildman–Crippen MR) is 119 cm³/mol. The molecule has 0 unspecified atom stereocenters. The van der Waals surface area contributed by atoms with Crippen LogP contribution >= 0.6 is 0 Å². The zero-order valence-electron chi connectivity index (χ0n) is 17.8. The number of halogens is 1. The van der Waals surface area contributed by atoms with E-state index in [1.165, 1.54) is 18.2 Å². The van der Waals surface area contributed by atoms with Gasteiger partial charge in [-0.3, -0.25) is 9.69 Å². The van der Waals surface area contributed by atoms with Crippen LogP contribution in [0.4, 0.5) is 26.2 Å². The molecule has 2 aromatic rings. The Kier molecular flexibility index (Phi) is 7.80. The van der Waals surface area contributed by atoms with Crippen molar-refractivity contribution in [2.75, 3.05) is 69.0 Å². The van der Waals surface area contributed by atoms with Crippen LogP contribution in [0.25, 0.3) is 0 Å². The van der Waals surface area contributed by atoms with E-state index in [0.717, 1.165) is 25.3 Å². The first-order chi connectivity index (χ1) is 14.9. The summed E-state index contributed by atoms with van der Waals surface area (Å²) in [5.41, 5.74) is 1.98. The number of ether oxygens (including phenoxy) is 1. The van der Waals surface area contributed by atoms with E-state index in [4.69, 9.17) is 4.74 Å². The molecule has 0 radical (unpaired) electrons. The van der Waals surface area contributed by atoms with Crippen molar-refractivity contribution in [3.8, 4) is 0 Å². The zero-order chi connectivity index (χ0) is 22.2. The summed E-state index contributed by atoms with van der Waals surface area (Å²) < 4.78 is 18.6. The Morgan fingerprint density at radius 1 is 1.06 bits per heavy atom. The monoisotopic (exact) mass is 429 g/mol. The van der Waals surface area contributed by atoms with Crippen molar-refractivity contribution in [2.45, 2.75) is 0 Å². The van der Waals surface area contributed by atoms with Crippen LogP contribution in [0, 0.1) is 5.82 Å². The molecule has 8 nitrogen and oxygen atoms in total. The fourth-order valence-corrected chi connectivity index (χ4v) is 3.29. The van der Waals surface area contributed by atoms with E-state index < -0.39 is 11.8 Å². The number of benzene rings is 2. The zero-order valence-corrected chi connectivity index (χ0v) is 17.8. The Balaban J connectivity index is 1.63. The quantitative estimate of drug-likeness (QED) is 0.630. The van der Waals surface area contributed by atoms with Gasteiger partial charge in [-0.1, -0.05) is 6.07 Å². The van der Waals surface area contributed by atoms with E-state index in [0.29, 0.717) is 36.7 Å². The van der Waals surface area contributed by atoms with E-state index in [-0.39, 0.29) is 5.91 Å². The average Bonchev–Trinajstić information content (AvgIpc) is 2.74. The van der Waals surface area contributed by atoms with Crippen molar-refractivity contribution >= 4 is 29.0 Å². The summed E-state index contributed by atoms with van der Waals surface area (Å²) in [6.07, 6.45) is 0. The summed E-state index contributed by atoms with van der Waals surface area (Å²) in [6, 6.07) is 10.2. The van der Waals surface area contributed by atoms with Gasteiger partial charge in [0.2, 0.25) is 0 Å². The lowest BCUT2D eigenvalue weighted by Gasteiger charge is -2.26. The molecule has 1 saturated heterocycles. The van der Waals surface area contributed by atoms with Gasteiger partial charge in [0.1, 0.15) is 5.82 Å². The normalized spacial score (nSPS) is 14.0. The van der Waals surface area contributed by atoms with Crippen LogP contribution < -0.4 is 20.9 Å². The molecule has 9 heteroatoms. The molecule has 0 bridgehead atoms. The van der Waals surface area contributed by atoms with Crippen molar-refractivity contribution < 1.29 is 18.7 Å². The number of amides is 3. The maximum absolute atomic E-state index is 13.3. The summed E-state index contributed by atoms with van der Waals surface area (Å²) in [6.45, 7) is 4.41. The van der Waals surface area contributed by atoms with Gasteiger partial charge in [0.25, 0.3) is 5.91 Å². The second-order valence-corrected chi connectivity index (χ2v) is 7.43. The predicted octanol–water partition coefficient (Wildman–Crippen LogP) is 2.60. The van der Waals surface area contributed by atoms with Gasteiger partial charge in [0.15, 0.2) is 0 Å². The molecule has 0 atom stereocenters. The number of anilines is 3. The number of nitrogens with zero attached hydrogens (tertiary/aromatic N) is 2. The molecule has 1 aliphatic heterocycles. The average molecular weight is 429 g/mol. The van der Waals surface area contributed by atoms with Crippen molar-refractivity contribution in [1.29, 1.82) is 0 Å². The van der Waals surface area contributed by atoms with Gasteiger partial charge in [0.05, 0.1) is 18.8 Å². The first kappa shape index (κ1) is 22.5. The molecule has 0 saturated carbocycles. The summed E-state index contributed by atoms with van der Waals surface area (Å²) in [5.74, 6) is -0.657. The second-order valence-electron chi connectivity index (χ2n) is 7.43. The van der Waals surface area contributed by atoms with Crippen LogP contribution in [0.2, 0.25) is 0 Å². The number of hydrogen-bond donors (Lipinski definition) is 3. The molecule has 1 heterocycles. The first-order valence-corrected chi connectivity index (χ1v) is 10.2. The van der Waals surface area contributed by atoms with Crippen LogP contribution in [0.15, 0.2) is 42.5 Å². The summed E-state index contributed by atoms with van der Waals surface area (Å²) in [5, 5.41) is 8.21. The van der Waals surface area contributed by atoms with Gasteiger partial charge >= 0.3 is 6.03 Å². The number of nitrogens with one attached hydrogen (secondary N) is 3. The minimum Gasteiger partial charge on any atom is -0.379 e. The van der Waals surface area contributed by atoms with Crippen molar-refractivity contribution in [2.24, 2.45) is 0 Å². The van der Waals surface area contributed by atoms with Crippen molar-refractivity contribution in [1.82, 2.24) is 10.2 Å². The Bertz CT molecular complexity index is 916. The Labute approximate surface area is 181 Å². The van der Waals surface area contributed by atoms with E-state index in [1.807, 2.05) is 19.0 Å². The molecule has 3 rings (SSSR count). The molecule has 3 N–H and O–H groups in total. The van der Waals surface area contributed by atoms with E-state index in [9.17, 15) is 14.0 Å². The van der Waals surface area contributed by atoms with E-state index >= 15 is 0 Å². The summed E-state index contributed by atoms with van der Waals surface area (Å²) in [7, 11) is 3.70. The third-order valence-electron chi connectivity index (χ3n) is 4.88. The minimum absolute atomic E-state index is 0.217. The lowest BCUT2D eigenvalue weighted by Crippen LogP contribution is -2.41. The van der Waals surface area contributed by atoms with Gasteiger partial charge in [-0.2, -0.15) is 0 Å². The molecule has 0 aromatic heterocycles. The van der Waals surface area contributed by atoms with Crippen LogP contribution in [-0.4, -0.2) is 70.3 Å². The molecular weight excluding hydrogens is 401 g/mol. The summed E-state index contributed by atoms with van der Waals surface area (Å²) in [4.78, 5) is 29.2.